The lowest BCUT2D eigenvalue weighted by molar-refractivity contribution is 0.146. The van der Waals surface area contributed by atoms with Crippen LogP contribution in [0.25, 0.3) is 0 Å². The van der Waals surface area contributed by atoms with Crippen molar-refractivity contribution < 1.29 is 9.52 Å². The fourth-order valence-electron chi connectivity index (χ4n) is 2.96. The van der Waals surface area contributed by atoms with Gasteiger partial charge in [-0.25, -0.2) is 0 Å². The van der Waals surface area contributed by atoms with Crippen molar-refractivity contribution in [2.75, 3.05) is 7.05 Å². The molecule has 18 heavy (non-hydrogen) atoms. The molecular weight excluding hydrogens is 226 g/mol. The van der Waals surface area contributed by atoms with Crippen molar-refractivity contribution in [3.63, 3.8) is 0 Å². The number of aliphatic hydroxyl groups is 1. The standard InChI is InChI=1S/C15H25NO2/c1-3-12-4-6-13(7-5-12)16(2)10-14-8-9-15(11-17)18-14/h8-9,12-13,17H,3-7,10-11H2,1-2H3. The zero-order valence-electron chi connectivity index (χ0n) is 11.6. The third-order valence-electron chi connectivity index (χ3n) is 4.30. The molecule has 0 radical (unpaired) electrons. The molecule has 0 atom stereocenters. The van der Waals surface area contributed by atoms with Crippen molar-refractivity contribution in [1.29, 1.82) is 0 Å². The van der Waals surface area contributed by atoms with E-state index >= 15 is 0 Å². The van der Waals surface area contributed by atoms with E-state index in [1.165, 1.54) is 32.1 Å². The van der Waals surface area contributed by atoms with Crippen LogP contribution in [0.15, 0.2) is 16.5 Å². The minimum absolute atomic E-state index is 0.00861. The lowest BCUT2D eigenvalue weighted by Gasteiger charge is -2.34. The number of hydrogen-bond donors (Lipinski definition) is 1. The van der Waals surface area contributed by atoms with Crippen LogP contribution >= 0.6 is 0 Å². The van der Waals surface area contributed by atoms with Gasteiger partial charge in [-0.15, -0.1) is 0 Å². The van der Waals surface area contributed by atoms with Crippen molar-refractivity contribution in [1.82, 2.24) is 4.90 Å². The van der Waals surface area contributed by atoms with Crippen LogP contribution in [0.3, 0.4) is 0 Å². The molecule has 0 unspecified atom stereocenters. The van der Waals surface area contributed by atoms with Crippen LogP contribution in [0.1, 0.15) is 50.5 Å². The summed E-state index contributed by atoms with van der Waals surface area (Å²) in [6.45, 7) is 3.14. The van der Waals surface area contributed by atoms with Gasteiger partial charge in [-0.3, -0.25) is 4.90 Å². The fourth-order valence-corrected chi connectivity index (χ4v) is 2.96. The monoisotopic (exact) mass is 251 g/mol. The van der Waals surface area contributed by atoms with Gasteiger partial charge < -0.3 is 9.52 Å². The van der Waals surface area contributed by atoms with Gasteiger partial charge in [0.25, 0.3) is 0 Å². The molecule has 0 amide bonds. The summed E-state index contributed by atoms with van der Waals surface area (Å²) in [6.07, 6.45) is 6.68. The number of aliphatic hydroxyl groups excluding tert-OH is 1. The average Bonchev–Trinajstić information content (AvgIpc) is 2.86. The molecular formula is C15H25NO2. The summed E-state index contributed by atoms with van der Waals surface area (Å²) in [4.78, 5) is 2.39. The van der Waals surface area contributed by atoms with Crippen molar-refractivity contribution in [3.8, 4) is 0 Å². The van der Waals surface area contributed by atoms with E-state index in [4.69, 9.17) is 9.52 Å². The smallest absolute Gasteiger partial charge is 0.129 e. The summed E-state index contributed by atoms with van der Waals surface area (Å²) < 4.78 is 5.54. The van der Waals surface area contributed by atoms with E-state index in [0.29, 0.717) is 11.8 Å². The highest BCUT2D eigenvalue weighted by molar-refractivity contribution is 5.06. The lowest BCUT2D eigenvalue weighted by atomic mass is 9.84. The molecule has 0 saturated heterocycles. The second-order valence-electron chi connectivity index (χ2n) is 5.52. The van der Waals surface area contributed by atoms with Crippen LogP contribution in [0, 0.1) is 5.92 Å². The van der Waals surface area contributed by atoms with E-state index in [1.54, 1.807) is 0 Å². The molecule has 0 bridgehead atoms. The molecule has 0 aromatic carbocycles. The predicted octanol–water partition coefficient (Wildman–Crippen LogP) is 3.17. The second kappa shape index (κ2) is 6.39. The first-order valence-electron chi connectivity index (χ1n) is 7.11. The van der Waals surface area contributed by atoms with E-state index in [0.717, 1.165) is 18.2 Å². The molecule has 1 aromatic rings. The molecule has 2 rings (SSSR count). The highest BCUT2D eigenvalue weighted by Crippen LogP contribution is 2.29. The predicted molar refractivity (Wildman–Crippen MR) is 72.1 cm³/mol. The van der Waals surface area contributed by atoms with Crippen molar-refractivity contribution in [3.05, 3.63) is 23.7 Å². The normalized spacial score (nSPS) is 24.7. The minimum atomic E-state index is -0.00861. The first kappa shape index (κ1) is 13.6. The Morgan fingerprint density at radius 2 is 1.89 bits per heavy atom. The SMILES string of the molecule is CCC1CCC(N(C)Cc2ccc(CO)o2)CC1. The van der Waals surface area contributed by atoms with Crippen molar-refractivity contribution in [2.45, 2.75) is 58.2 Å². The lowest BCUT2D eigenvalue weighted by Crippen LogP contribution is -2.34. The van der Waals surface area contributed by atoms with Crippen molar-refractivity contribution in [2.24, 2.45) is 5.92 Å². The van der Waals surface area contributed by atoms with Gasteiger partial charge in [0.05, 0.1) is 6.54 Å². The molecule has 0 spiro atoms. The Hall–Kier alpha value is -0.800. The van der Waals surface area contributed by atoms with E-state index in [-0.39, 0.29) is 6.61 Å². The van der Waals surface area contributed by atoms with Crippen LogP contribution in [-0.2, 0) is 13.2 Å². The highest BCUT2D eigenvalue weighted by Gasteiger charge is 2.23. The quantitative estimate of drug-likeness (QED) is 0.873. The van der Waals surface area contributed by atoms with E-state index < -0.39 is 0 Å². The number of furan rings is 1. The molecule has 1 aliphatic rings. The molecule has 0 aliphatic heterocycles. The van der Waals surface area contributed by atoms with Crippen LogP contribution in [-0.4, -0.2) is 23.1 Å². The highest BCUT2D eigenvalue weighted by atomic mass is 16.4. The maximum Gasteiger partial charge on any atom is 0.129 e. The Balaban J connectivity index is 1.82. The van der Waals surface area contributed by atoms with Gasteiger partial charge in [-0.1, -0.05) is 13.3 Å². The Labute approximate surface area is 110 Å². The summed E-state index contributed by atoms with van der Waals surface area (Å²) in [5.74, 6) is 2.56. The third-order valence-corrected chi connectivity index (χ3v) is 4.30. The van der Waals surface area contributed by atoms with E-state index in [2.05, 4.69) is 18.9 Å². The first-order chi connectivity index (χ1) is 8.72. The van der Waals surface area contributed by atoms with Crippen LogP contribution < -0.4 is 0 Å². The summed E-state index contributed by atoms with van der Waals surface area (Å²) in [6, 6.07) is 4.52. The van der Waals surface area contributed by atoms with Gasteiger partial charge in [0.1, 0.15) is 18.1 Å². The largest absolute Gasteiger partial charge is 0.462 e. The summed E-state index contributed by atoms with van der Waals surface area (Å²) in [7, 11) is 2.18. The Morgan fingerprint density at radius 1 is 1.22 bits per heavy atom. The second-order valence-corrected chi connectivity index (χ2v) is 5.52. The molecule has 1 aromatic heterocycles. The van der Waals surface area contributed by atoms with Gasteiger partial charge in [0, 0.05) is 6.04 Å². The molecule has 1 fully saturated rings. The van der Waals surface area contributed by atoms with Crippen LogP contribution in [0.2, 0.25) is 0 Å². The molecule has 3 nitrogen and oxygen atoms in total. The zero-order valence-corrected chi connectivity index (χ0v) is 11.6. The van der Waals surface area contributed by atoms with Gasteiger partial charge in [0.2, 0.25) is 0 Å². The number of nitrogens with zero attached hydrogens (tertiary/aromatic N) is 1. The first-order valence-corrected chi connectivity index (χ1v) is 7.11. The number of hydrogen-bond acceptors (Lipinski definition) is 3. The Bertz CT molecular complexity index is 353. The minimum Gasteiger partial charge on any atom is -0.462 e. The van der Waals surface area contributed by atoms with Crippen molar-refractivity contribution >= 4 is 0 Å². The summed E-state index contributed by atoms with van der Waals surface area (Å²) in [5, 5.41) is 8.98. The van der Waals surface area contributed by atoms with Gasteiger partial charge >= 0.3 is 0 Å². The Morgan fingerprint density at radius 3 is 2.44 bits per heavy atom. The molecule has 1 N–H and O–H groups in total. The molecule has 1 aliphatic carbocycles. The average molecular weight is 251 g/mol. The van der Waals surface area contributed by atoms with Gasteiger partial charge in [-0.05, 0) is 50.8 Å². The zero-order chi connectivity index (χ0) is 13.0. The van der Waals surface area contributed by atoms with E-state index in [1.807, 2.05) is 12.1 Å². The summed E-state index contributed by atoms with van der Waals surface area (Å²) in [5.41, 5.74) is 0. The van der Waals surface area contributed by atoms with E-state index in [9.17, 15) is 0 Å². The topological polar surface area (TPSA) is 36.6 Å². The van der Waals surface area contributed by atoms with Gasteiger partial charge in [-0.2, -0.15) is 0 Å². The van der Waals surface area contributed by atoms with Crippen LogP contribution in [0.4, 0.5) is 0 Å². The maximum absolute atomic E-state index is 8.98. The third kappa shape index (κ3) is 3.36. The molecule has 3 heteroatoms. The molecule has 1 saturated carbocycles. The Kier molecular flexibility index (Phi) is 4.84. The van der Waals surface area contributed by atoms with Gasteiger partial charge in [0.15, 0.2) is 0 Å². The maximum atomic E-state index is 8.98. The van der Waals surface area contributed by atoms with Crippen LogP contribution in [0.5, 0.6) is 0 Å². The number of rotatable bonds is 5. The fraction of sp³-hybridized carbons (Fsp3) is 0.733. The summed E-state index contributed by atoms with van der Waals surface area (Å²) >= 11 is 0. The molecule has 1 heterocycles. The molecule has 102 valence electrons.